The first-order valence-corrected chi connectivity index (χ1v) is 6.13. The zero-order chi connectivity index (χ0) is 12.7. The summed E-state index contributed by atoms with van der Waals surface area (Å²) in [6.45, 7) is 9.82. The standard InChI is InChI=1S/C13H22N2O2/c1-4-15(5-2)8-9-17-13-7-6-12(10-16)11(3)14-13/h6-7,16H,4-5,8-10H2,1-3H3. The van der Waals surface area contributed by atoms with Crippen LogP contribution >= 0.6 is 0 Å². The molecule has 0 aliphatic rings. The maximum atomic E-state index is 9.03. The van der Waals surface area contributed by atoms with Gasteiger partial charge in [-0.3, -0.25) is 0 Å². The minimum Gasteiger partial charge on any atom is -0.476 e. The second-order valence-corrected chi connectivity index (χ2v) is 3.93. The summed E-state index contributed by atoms with van der Waals surface area (Å²) >= 11 is 0. The van der Waals surface area contributed by atoms with Gasteiger partial charge < -0.3 is 14.7 Å². The van der Waals surface area contributed by atoms with Gasteiger partial charge in [0.25, 0.3) is 0 Å². The Hall–Kier alpha value is -1.13. The Morgan fingerprint density at radius 3 is 2.53 bits per heavy atom. The zero-order valence-corrected chi connectivity index (χ0v) is 10.9. The summed E-state index contributed by atoms with van der Waals surface area (Å²) in [4.78, 5) is 6.59. The predicted molar refractivity (Wildman–Crippen MR) is 68.2 cm³/mol. The topological polar surface area (TPSA) is 45.6 Å². The van der Waals surface area contributed by atoms with Crippen LogP contribution in [0.5, 0.6) is 5.88 Å². The molecule has 0 atom stereocenters. The van der Waals surface area contributed by atoms with Crippen LogP contribution in [0, 0.1) is 6.92 Å². The number of aliphatic hydroxyl groups excluding tert-OH is 1. The molecule has 0 spiro atoms. The number of pyridine rings is 1. The van der Waals surface area contributed by atoms with Gasteiger partial charge >= 0.3 is 0 Å². The van der Waals surface area contributed by atoms with Crippen molar-refractivity contribution in [1.82, 2.24) is 9.88 Å². The van der Waals surface area contributed by atoms with Gasteiger partial charge in [-0.15, -0.1) is 0 Å². The largest absolute Gasteiger partial charge is 0.476 e. The molecule has 0 fully saturated rings. The van der Waals surface area contributed by atoms with Crippen LogP contribution in [-0.4, -0.2) is 41.2 Å². The van der Waals surface area contributed by atoms with E-state index in [1.165, 1.54) is 0 Å². The summed E-state index contributed by atoms with van der Waals surface area (Å²) in [7, 11) is 0. The van der Waals surface area contributed by atoms with Gasteiger partial charge in [0.2, 0.25) is 5.88 Å². The van der Waals surface area contributed by atoms with E-state index < -0.39 is 0 Å². The highest BCUT2D eigenvalue weighted by Gasteiger charge is 2.03. The van der Waals surface area contributed by atoms with Gasteiger partial charge in [0.15, 0.2) is 0 Å². The fraction of sp³-hybridized carbons (Fsp3) is 0.615. The minimum absolute atomic E-state index is 0.0263. The van der Waals surface area contributed by atoms with Gasteiger partial charge in [0.05, 0.1) is 6.61 Å². The van der Waals surface area contributed by atoms with Crippen LogP contribution in [0.25, 0.3) is 0 Å². The van der Waals surface area contributed by atoms with Crippen LogP contribution < -0.4 is 4.74 Å². The molecule has 0 bridgehead atoms. The zero-order valence-electron chi connectivity index (χ0n) is 10.9. The monoisotopic (exact) mass is 238 g/mol. The predicted octanol–water partition coefficient (Wildman–Crippen LogP) is 1.60. The lowest BCUT2D eigenvalue weighted by Gasteiger charge is -2.17. The molecule has 96 valence electrons. The van der Waals surface area contributed by atoms with Crippen LogP contribution in [0.1, 0.15) is 25.1 Å². The molecule has 1 N–H and O–H groups in total. The molecule has 0 aliphatic heterocycles. The molecule has 0 aliphatic carbocycles. The van der Waals surface area contributed by atoms with Gasteiger partial charge in [-0.05, 0) is 31.6 Å². The molecule has 0 saturated carbocycles. The molecule has 0 radical (unpaired) electrons. The van der Waals surface area contributed by atoms with Crippen molar-refractivity contribution in [3.63, 3.8) is 0 Å². The Bertz CT molecular complexity index is 338. The molecule has 17 heavy (non-hydrogen) atoms. The van der Waals surface area contributed by atoms with E-state index in [2.05, 4.69) is 23.7 Å². The number of aliphatic hydroxyl groups is 1. The van der Waals surface area contributed by atoms with Gasteiger partial charge in [0, 0.05) is 18.3 Å². The van der Waals surface area contributed by atoms with Crippen LogP contribution in [0.3, 0.4) is 0 Å². The van der Waals surface area contributed by atoms with Crippen LogP contribution in [0.4, 0.5) is 0 Å². The normalized spacial score (nSPS) is 10.9. The lowest BCUT2D eigenvalue weighted by molar-refractivity contribution is 0.217. The summed E-state index contributed by atoms with van der Waals surface area (Å²) < 4.78 is 5.59. The van der Waals surface area contributed by atoms with Gasteiger partial charge in [-0.25, -0.2) is 4.98 Å². The summed E-state index contributed by atoms with van der Waals surface area (Å²) in [5.41, 5.74) is 1.67. The third-order valence-electron chi connectivity index (χ3n) is 2.89. The Morgan fingerprint density at radius 2 is 2.00 bits per heavy atom. The molecule has 1 aromatic heterocycles. The van der Waals surface area contributed by atoms with E-state index in [4.69, 9.17) is 9.84 Å². The highest BCUT2D eigenvalue weighted by molar-refractivity contribution is 5.24. The Labute approximate surface area is 103 Å². The van der Waals surface area contributed by atoms with Crippen molar-refractivity contribution in [3.05, 3.63) is 23.4 Å². The maximum absolute atomic E-state index is 9.03. The first kappa shape index (κ1) is 13.9. The minimum atomic E-state index is 0.0263. The number of aromatic nitrogens is 1. The molecule has 4 nitrogen and oxygen atoms in total. The average Bonchev–Trinajstić information content (AvgIpc) is 2.35. The van der Waals surface area contributed by atoms with E-state index in [0.29, 0.717) is 12.5 Å². The number of aryl methyl sites for hydroxylation is 1. The van der Waals surface area contributed by atoms with Crippen molar-refractivity contribution < 1.29 is 9.84 Å². The van der Waals surface area contributed by atoms with E-state index in [0.717, 1.165) is 30.9 Å². The number of hydrogen-bond donors (Lipinski definition) is 1. The lowest BCUT2D eigenvalue weighted by Crippen LogP contribution is -2.28. The molecule has 1 heterocycles. The average molecular weight is 238 g/mol. The SMILES string of the molecule is CCN(CC)CCOc1ccc(CO)c(C)n1. The molecule has 0 amide bonds. The summed E-state index contributed by atoms with van der Waals surface area (Å²) in [5, 5.41) is 9.03. The van der Waals surface area contributed by atoms with Crippen LogP contribution in [-0.2, 0) is 6.61 Å². The maximum Gasteiger partial charge on any atom is 0.213 e. The fourth-order valence-electron chi connectivity index (χ4n) is 1.63. The highest BCUT2D eigenvalue weighted by atomic mass is 16.5. The molecule has 0 unspecified atom stereocenters. The molecular weight excluding hydrogens is 216 g/mol. The van der Waals surface area contributed by atoms with Crippen LogP contribution in [0.2, 0.25) is 0 Å². The van der Waals surface area contributed by atoms with Crippen molar-refractivity contribution >= 4 is 0 Å². The van der Waals surface area contributed by atoms with Gasteiger partial charge in [-0.2, -0.15) is 0 Å². The first-order valence-electron chi connectivity index (χ1n) is 6.13. The van der Waals surface area contributed by atoms with E-state index in [9.17, 15) is 0 Å². The second kappa shape index (κ2) is 7.25. The Morgan fingerprint density at radius 1 is 1.29 bits per heavy atom. The van der Waals surface area contributed by atoms with Crippen LogP contribution in [0.15, 0.2) is 12.1 Å². The van der Waals surface area contributed by atoms with E-state index in [-0.39, 0.29) is 6.61 Å². The van der Waals surface area contributed by atoms with Crippen molar-refractivity contribution in [2.24, 2.45) is 0 Å². The van der Waals surface area contributed by atoms with E-state index in [1.807, 2.05) is 13.0 Å². The Balaban J connectivity index is 2.44. The summed E-state index contributed by atoms with van der Waals surface area (Å²) in [5.74, 6) is 0.631. The third-order valence-corrected chi connectivity index (χ3v) is 2.89. The number of likely N-dealkylation sites (N-methyl/N-ethyl adjacent to an activating group) is 1. The number of ether oxygens (including phenoxy) is 1. The van der Waals surface area contributed by atoms with Gasteiger partial charge in [-0.1, -0.05) is 13.8 Å². The molecule has 1 aromatic rings. The lowest BCUT2D eigenvalue weighted by atomic mass is 10.2. The number of hydrogen-bond acceptors (Lipinski definition) is 4. The smallest absolute Gasteiger partial charge is 0.213 e. The van der Waals surface area contributed by atoms with E-state index in [1.54, 1.807) is 6.07 Å². The molecular formula is C13H22N2O2. The Kier molecular flexibility index (Phi) is 5.94. The van der Waals surface area contributed by atoms with Gasteiger partial charge in [0.1, 0.15) is 6.61 Å². The third kappa shape index (κ3) is 4.32. The van der Waals surface area contributed by atoms with E-state index >= 15 is 0 Å². The van der Waals surface area contributed by atoms with Crippen molar-refractivity contribution in [2.75, 3.05) is 26.2 Å². The number of rotatable bonds is 7. The number of nitrogens with zero attached hydrogens (tertiary/aromatic N) is 2. The summed E-state index contributed by atoms with van der Waals surface area (Å²) in [6.07, 6.45) is 0. The fourth-order valence-corrected chi connectivity index (χ4v) is 1.63. The molecule has 4 heteroatoms. The van der Waals surface area contributed by atoms with Crippen molar-refractivity contribution in [3.8, 4) is 5.88 Å². The highest BCUT2D eigenvalue weighted by Crippen LogP contribution is 2.12. The van der Waals surface area contributed by atoms with Crippen molar-refractivity contribution in [2.45, 2.75) is 27.4 Å². The van der Waals surface area contributed by atoms with Crippen molar-refractivity contribution in [1.29, 1.82) is 0 Å². The molecule has 1 rings (SSSR count). The molecule has 0 aromatic carbocycles. The molecule has 0 saturated heterocycles. The summed E-state index contributed by atoms with van der Waals surface area (Å²) in [6, 6.07) is 3.66. The second-order valence-electron chi connectivity index (χ2n) is 3.93. The quantitative estimate of drug-likeness (QED) is 0.784. The first-order chi connectivity index (χ1) is 8.21.